The van der Waals surface area contributed by atoms with Crippen LogP contribution in [0, 0.1) is 13.8 Å². The molecule has 2 aliphatic rings. The second-order valence-electron chi connectivity index (χ2n) is 14.7. The van der Waals surface area contributed by atoms with Crippen LogP contribution < -0.4 is 26.0 Å². The third kappa shape index (κ3) is 11.4. The Morgan fingerprint density at radius 1 is 0.603 bits per heavy atom. The molecule has 0 fully saturated rings. The zero-order chi connectivity index (χ0) is 41.0. The molecule has 2 heterocycles. The Kier molecular flexibility index (Phi) is 13.7. The van der Waals surface area contributed by atoms with Crippen LogP contribution in [0.3, 0.4) is 0 Å². The van der Waals surface area contributed by atoms with Gasteiger partial charge >= 0.3 is 5.97 Å². The van der Waals surface area contributed by atoms with Crippen LogP contribution in [-0.2, 0) is 49.7 Å². The molecular weight excluding hydrogens is 733 g/mol. The number of amides is 4. The lowest BCUT2D eigenvalue weighted by Crippen LogP contribution is -2.59. The lowest BCUT2D eigenvalue weighted by atomic mass is 9.98. The van der Waals surface area contributed by atoms with Crippen LogP contribution in [0.25, 0.3) is 11.1 Å². The Bertz CT molecular complexity index is 2210. The molecule has 0 aliphatic carbocycles. The molecule has 0 unspecified atom stereocenters. The minimum atomic E-state index is -1.31. The van der Waals surface area contributed by atoms with E-state index in [1.807, 2.05) is 117 Å². The number of carboxylic acids is 1. The van der Waals surface area contributed by atoms with Crippen molar-refractivity contribution in [3.63, 3.8) is 0 Å². The fourth-order valence-electron chi connectivity index (χ4n) is 6.87. The molecule has 4 atom stereocenters. The number of fused-ring (bicyclic) bond motifs is 16. The van der Waals surface area contributed by atoms with Crippen LogP contribution in [0.5, 0.6) is 5.75 Å². The number of rotatable bonds is 9. The minimum Gasteiger partial charge on any atom is -0.484 e. The Balaban J connectivity index is 1.35. The zero-order valence-electron chi connectivity index (χ0n) is 32.6. The molecule has 58 heavy (non-hydrogen) atoms. The van der Waals surface area contributed by atoms with Gasteiger partial charge < -0.3 is 31.1 Å². The van der Waals surface area contributed by atoms with Gasteiger partial charge in [0.2, 0.25) is 17.7 Å². The molecule has 0 radical (unpaired) electrons. The summed E-state index contributed by atoms with van der Waals surface area (Å²) in [6.45, 7) is 3.56. The lowest BCUT2D eigenvalue weighted by molar-refractivity contribution is -0.142. The predicted molar refractivity (Wildman–Crippen MR) is 221 cm³/mol. The molecule has 298 valence electrons. The number of ether oxygens (including phenoxy) is 1. The summed E-state index contributed by atoms with van der Waals surface area (Å²) in [5.41, 5.74) is 7.16. The summed E-state index contributed by atoms with van der Waals surface area (Å²) in [5, 5.41) is 21.3. The maximum Gasteiger partial charge on any atom is 0.326 e. The van der Waals surface area contributed by atoms with Crippen molar-refractivity contribution in [2.24, 2.45) is 0 Å². The van der Waals surface area contributed by atoms with Gasteiger partial charge in [0.15, 0.2) is 6.61 Å². The highest BCUT2D eigenvalue weighted by atomic mass is 16.5. The Morgan fingerprint density at radius 2 is 1.17 bits per heavy atom. The number of hydrogen-bond donors (Lipinski definition) is 5. The van der Waals surface area contributed by atoms with Gasteiger partial charge in [0.1, 0.15) is 29.9 Å². The number of carbonyl (C=O) groups is 5. The normalized spacial score (nSPS) is 19.3. The topological polar surface area (TPSA) is 163 Å². The van der Waals surface area contributed by atoms with Gasteiger partial charge in [0.05, 0.1) is 0 Å². The molecule has 4 amide bonds. The Morgan fingerprint density at radius 3 is 1.83 bits per heavy atom. The predicted octanol–water partition coefficient (Wildman–Crippen LogP) is 5.05. The van der Waals surface area contributed by atoms with Crippen LogP contribution in [-0.4, -0.2) is 65.5 Å². The number of aliphatic carboxylic acids is 1. The first-order chi connectivity index (χ1) is 28.0. The summed E-state index contributed by atoms with van der Waals surface area (Å²) in [5.74, 6) is -3.36. The smallest absolute Gasteiger partial charge is 0.326 e. The number of aryl methyl sites for hydroxylation is 3. The minimum absolute atomic E-state index is 0.0426. The van der Waals surface area contributed by atoms with E-state index in [9.17, 15) is 29.1 Å². The largest absolute Gasteiger partial charge is 0.484 e. The molecule has 5 aromatic carbocycles. The molecule has 0 saturated heterocycles. The zero-order valence-corrected chi connectivity index (χ0v) is 32.6. The number of carbonyl (C=O) groups excluding carboxylic acids is 4. The van der Waals surface area contributed by atoms with E-state index in [2.05, 4.69) is 21.3 Å². The molecule has 11 nitrogen and oxygen atoms in total. The van der Waals surface area contributed by atoms with Gasteiger partial charge in [-0.05, 0) is 83.3 Å². The van der Waals surface area contributed by atoms with Crippen molar-refractivity contribution in [3.05, 3.63) is 161 Å². The summed E-state index contributed by atoms with van der Waals surface area (Å²) in [6.07, 6.45) is 0.697. The van der Waals surface area contributed by atoms with E-state index in [0.717, 1.165) is 38.9 Å². The first-order valence-electron chi connectivity index (χ1n) is 19.4. The summed E-state index contributed by atoms with van der Waals surface area (Å²) in [6, 6.07) is 34.5. The summed E-state index contributed by atoms with van der Waals surface area (Å²) in [4.78, 5) is 68.5. The van der Waals surface area contributed by atoms with Gasteiger partial charge in [-0.2, -0.15) is 0 Å². The quantitative estimate of drug-likeness (QED) is 0.131. The lowest BCUT2D eigenvalue weighted by Gasteiger charge is -2.26. The molecule has 5 aromatic rings. The van der Waals surface area contributed by atoms with Crippen molar-refractivity contribution < 1.29 is 33.8 Å². The van der Waals surface area contributed by atoms with Gasteiger partial charge in [0, 0.05) is 19.3 Å². The van der Waals surface area contributed by atoms with Gasteiger partial charge in [0.25, 0.3) is 5.91 Å². The molecule has 11 heteroatoms. The van der Waals surface area contributed by atoms with E-state index >= 15 is 0 Å². The van der Waals surface area contributed by atoms with Crippen molar-refractivity contribution in [2.45, 2.75) is 70.1 Å². The summed E-state index contributed by atoms with van der Waals surface area (Å²) < 4.78 is 5.74. The van der Waals surface area contributed by atoms with E-state index in [1.54, 1.807) is 24.3 Å². The SMILES string of the molecule is Cc1ccc(C[C@H]2NC(=O)COc3ccc(cc3)C[C@@H](C(=O)O)NC(=O)[C@@H](CCc3ccccc3)NC(=O)[C@H](Cc3ccc(-c4ccccc4)cc3)NC2=O)cc1C. The number of benzene rings is 5. The van der Waals surface area contributed by atoms with E-state index in [-0.39, 0.29) is 25.7 Å². The van der Waals surface area contributed by atoms with Crippen LogP contribution in [0.1, 0.15) is 39.8 Å². The van der Waals surface area contributed by atoms with E-state index in [1.165, 1.54) is 0 Å². The highest BCUT2D eigenvalue weighted by Crippen LogP contribution is 2.21. The molecular formula is C47H48N4O7. The van der Waals surface area contributed by atoms with Crippen LogP contribution in [0.2, 0.25) is 0 Å². The third-order valence-corrected chi connectivity index (χ3v) is 10.3. The van der Waals surface area contributed by atoms with Gasteiger partial charge in [-0.1, -0.05) is 115 Å². The van der Waals surface area contributed by atoms with E-state index < -0.39 is 60.4 Å². The summed E-state index contributed by atoms with van der Waals surface area (Å²) in [7, 11) is 0. The second-order valence-corrected chi connectivity index (χ2v) is 14.7. The summed E-state index contributed by atoms with van der Waals surface area (Å²) >= 11 is 0. The highest BCUT2D eigenvalue weighted by Gasteiger charge is 2.32. The van der Waals surface area contributed by atoms with Crippen molar-refractivity contribution in [3.8, 4) is 16.9 Å². The molecule has 0 aromatic heterocycles. The monoisotopic (exact) mass is 780 g/mol. The third-order valence-electron chi connectivity index (χ3n) is 10.3. The second kappa shape index (κ2) is 19.4. The number of hydrogen-bond acceptors (Lipinski definition) is 6. The highest BCUT2D eigenvalue weighted by molar-refractivity contribution is 5.95. The van der Waals surface area contributed by atoms with Gasteiger partial charge in [-0.15, -0.1) is 0 Å². The van der Waals surface area contributed by atoms with Gasteiger partial charge in [-0.3, -0.25) is 19.2 Å². The van der Waals surface area contributed by atoms with Crippen LogP contribution in [0.15, 0.2) is 127 Å². The first-order valence-corrected chi connectivity index (χ1v) is 19.4. The van der Waals surface area contributed by atoms with Crippen LogP contribution in [0.4, 0.5) is 0 Å². The average molecular weight is 781 g/mol. The fourth-order valence-corrected chi connectivity index (χ4v) is 6.87. The van der Waals surface area contributed by atoms with Crippen molar-refractivity contribution >= 4 is 29.6 Å². The molecule has 2 aliphatic heterocycles. The van der Waals surface area contributed by atoms with E-state index in [0.29, 0.717) is 17.7 Å². The van der Waals surface area contributed by atoms with Crippen LogP contribution >= 0.6 is 0 Å². The van der Waals surface area contributed by atoms with Crippen molar-refractivity contribution in [1.29, 1.82) is 0 Å². The van der Waals surface area contributed by atoms with Crippen molar-refractivity contribution in [1.82, 2.24) is 21.3 Å². The number of carboxylic acid groups (broad SMARTS) is 1. The maximum absolute atomic E-state index is 14.4. The Hall–Kier alpha value is -6.75. The maximum atomic E-state index is 14.4. The van der Waals surface area contributed by atoms with Gasteiger partial charge in [-0.25, -0.2) is 4.79 Å². The molecule has 0 spiro atoms. The molecule has 5 N–H and O–H groups in total. The molecule has 2 bridgehead atoms. The average Bonchev–Trinajstić information content (AvgIpc) is 3.23. The fraction of sp³-hybridized carbons (Fsp3) is 0.255. The number of nitrogens with one attached hydrogen (secondary N) is 4. The Labute approximate surface area is 338 Å². The molecule has 7 rings (SSSR count). The molecule has 0 saturated carbocycles. The van der Waals surface area contributed by atoms with Crippen molar-refractivity contribution in [2.75, 3.05) is 6.61 Å². The van der Waals surface area contributed by atoms with E-state index in [4.69, 9.17) is 4.74 Å². The first kappa shape index (κ1) is 40.9. The standard InChI is InChI=1S/C47H48N4O7/c1-30-13-14-35(25-31(30)2)28-40-45(54)50-41(26-33-15-20-37(21-16-33)36-11-7-4-8-12-36)46(55)49-39(24-19-32-9-5-3-6-10-32)44(53)51-42(47(56)57)27-34-17-22-38(23-18-34)58-29-43(52)48-40/h3-18,20-23,25,39-42H,19,24,26-29H2,1-2H3,(H,48,52)(H,49,55)(H,50,54)(H,51,53)(H,56,57)/t39-,40-,41+,42+/m1/s1.